The Labute approximate surface area is 156 Å². The van der Waals surface area contributed by atoms with Gasteiger partial charge < -0.3 is 5.32 Å². The van der Waals surface area contributed by atoms with E-state index in [0.717, 1.165) is 9.87 Å². The number of benzene rings is 2. The van der Waals surface area contributed by atoms with Gasteiger partial charge in [0.1, 0.15) is 5.82 Å². The van der Waals surface area contributed by atoms with Crippen molar-refractivity contribution in [2.75, 3.05) is 24.1 Å². The first-order valence-corrected chi connectivity index (χ1v) is 9.58. The molecule has 0 fully saturated rings. The first-order valence-electron chi connectivity index (χ1n) is 7.76. The van der Waals surface area contributed by atoms with Gasteiger partial charge in [-0.05, 0) is 41.5 Å². The second-order valence-corrected chi connectivity index (χ2v) is 8.45. The highest BCUT2D eigenvalue weighted by Gasteiger charge is 2.29. The molecule has 1 aliphatic rings. The number of hydrogen-bond donors (Lipinski definition) is 2. The number of nitrogens with zero attached hydrogens (tertiary/aromatic N) is 1. The molecule has 0 bridgehead atoms. The molecule has 6 nitrogen and oxygen atoms in total. The number of amides is 1. The Kier molecular flexibility index (Phi) is 4.92. The summed E-state index contributed by atoms with van der Waals surface area (Å²) >= 11 is 6.20. The fourth-order valence-electron chi connectivity index (χ4n) is 2.83. The molecule has 9 heteroatoms. The highest BCUT2D eigenvalue weighted by atomic mass is 35.5. The van der Waals surface area contributed by atoms with Gasteiger partial charge in [0.2, 0.25) is 5.91 Å². The lowest BCUT2D eigenvalue weighted by atomic mass is 9.84. The smallest absolute Gasteiger partial charge is 0.301 e. The van der Waals surface area contributed by atoms with Gasteiger partial charge in [-0.25, -0.2) is 4.39 Å². The van der Waals surface area contributed by atoms with E-state index in [9.17, 15) is 17.6 Å². The molecule has 0 saturated carbocycles. The van der Waals surface area contributed by atoms with Gasteiger partial charge in [0.15, 0.2) is 0 Å². The number of carbonyl (C=O) groups excluding carboxylic acids is 1. The number of fused-ring (bicyclic) bond motifs is 1. The lowest BCUT2D eigenvalue weighted by molar-refractivity contribution is -0.116. The summed E-state index contributed by atoms with van der Waals surface area (Å²) < 4.78 is 41.1. The Morgan fingerprint density at radius 3 is 2.62 bits per heavy atom. The van der Waals surface area contributed by atoms with Crippen LogP contribution in [0.1, 0.15) is 23.5 Å². The first-order chi connectivity index (χ1) is 12.2. The van der Waals surface area contributed by atoms with E-state index in [1.165, 1.54) is 38.4 Å². The third-order valence-electron chi connectivity index (χ3n) is 4.15. The van der Waals surface area contributed by atoms with Crippen LogP contribution in [-0.2, 0) is 15.0 Å². The van der Waals surface area contributed by atoms with Crippen molar-refractivity contribution < 1.29 is 17.6 Å². The van der Waals surface area contributed by atoms with Crippen molar-refractivity contribution in [2.24, 2.45) is 0 Å². The van der Waals surface area contributed by atoms with Crippen molar-refractivity contribution in [2.45, 2.75) is 12.3 Å². The molecule has 2 aromatic carbocycles. The maximum atomic E-state index is 13.7. The van der Waals surface area contributed by atoms with E-state index in [1.54, 1.807) is 12.1 Å². The molecule has 0 spiro atoms. The van der Waals surface area contributed by atoms with E-state index in [-0.39, 0.29) is 12.3 Å². The molecule has 2 N–H and O–H groups in total. The highest BCUT2D eigenvalue weighted by molar-refractivity contribution is 7.90. The van der Waals surface area contributed by atoms with Crippen LogP contribution >= 0.6 is 11.6 Å². The number of carbonyl (C=O) groups is 1. The molecule has 0 radical (unpaired) electrons. The fourth-order valence-corrected chi connectivity index (χ4v) is 3.68. The molecule has 138 valence electrons. The molecule has 0 aliphatic carbocycles. The maximum Gasteiger partial charge on any atom is 0.301 e. The van der Waals surface area contributed by atoms with Crippen molar-refractivity contribution >= 4 is 39.1 Å². The summed E-state index contributed by atoms with van der Waals surface area (Å²) in [5.74, 6) is -1.11. The summed E-state index contributed by atoms with van der Waals surface area (Å²) in [6, 6.07) is 8.87. The molecule has 1 heterocycles. The third-order valence-corrected chi connectivity index (χ3v) is 5.95. The molecular formula is C17H17ClFN3O3S. The average Bonchev–Trinajstić information content (AvgIpc) is 2.55. The van der Waals surface area contributed by atoms with Crippen LogP contribution in [0.15, 0.2) is 36.4 Å². The van der Waals surface area contributed by atoms with E-state index >= 15 is 0 Å². The lowest BCUT2D eigenvalue weighted by Gasteiger charge is -2.27. The van der Waals surface area contributed by atoms with Crippen LogP contribution in [0.4, 0.5) is 15.8 Å². The normalized spacial score (nSPS) is 17.0. The zero-order chi connectivity index (χ0) is 19.1. The van der Waals surface area contributed by atoms with Crippen LogP contribution < -0.4 is 10.0 Å². The van der Waals surface area contributed by atoms with Crippen molar-refractivity contribution in [3.63, 3.8) is 0 Å². The minimum Gasteiger partial charge on any atom is -0.326 e. The van der Waals surface area contributed by atoms with Crippen LogP contribution in [-0.4, -0.2) is 32.7 Å². The average molecular weight is 398 g/mol. The number of hydrogen-bond acceptors (Lipinski definition) is 3. The van der Waals surface area contributed by atoms with E-state index in [4.69, 9.17) is 11.6 Å². The summed E-state index contributed by atoms with van der Waals surface area (Å²) in [7, 11) is -0.855. The number of halogens is 2. The van der Waals surface area contributed by atoms with Gasteiger partial charge >= 0.3 is 10.2 Å². The Balaban J connectivity index is 2.02. The van der Waals surface area contributed by atoms with E-state index in [1.807, 2.05) is 0 Å². The van der Waals surface area contributed by atoms with Gasteiger partial charge in [0.25, 0.3) is 0 Å². The van der Waals surface area contributed by atoms with Gasteiger partial charge in [-0.3, -0.25) is 9.52 Å². The second-order valence-electron chi connectivity index (χ2n) is 6.16. The molecule has 1 amide bonds. The molecule has 0 saturated heterocycles. The topological polar surface area (TPSA) is 78.5 Å². The van der Waals surface area contributed by atoms with Crippen molar-refractivity contribution in [3.05, 3.63) is 58.4 Å². The molecule has 2 aromatic rings. The summed E-state index contributed by atoms with van der Waals surface area (Å²) in [6.45, 7) is 0. The maximum absolute atomic E-state index is 13.7. The van der Waals surface area contributed by atoms with Crippen molar-refractivity contribution in [3.8, 4) is 0 Å². The van der Waals surface area contributed by atoms with Gasteiger partial charge in [-0.1, -0.05) is 17.7 Å². The minimum absolute atomic E-state index is 0.124. The van der Waals surface area contributed by atoms with Crippen LogP contribution in [0.5, 0.6) is 0 Å². The Morgan fingerprint density at radius 2 is 1.92 bits per heavy atom. The largest absolute Gasteiger partial charge is 0.326 e. The minimum atomic E-state index is -3.67. The summed E-state index contributed by atoms with van der Waals surface area (Å²) in [6.07, 6.45) is 0.124. The van der Waals surface area contributed by atoms with Crippen molar-refractivity contribution in [1.82, 2.24) is 4.31 Å². The highest BCUT2D eigenvalue weighted by Crippen LogP contribution is 2.41. The monoisotopic (exact) mass is 397 g/mol. The van der Waals surface area contributed by atoms with Crippen molar-refractivity contribution in [1.29, 1.82) is 0 Å². The van der Waals surface area contributed by atoms with E-state index in [0.29, 0.717) is 22.0 Å². The van der Waals surface area contributed by atoms with Gasteiger partial charge in [-0.2, -0.15) is 12.7 Å². The van der Waals surface area contributed by atoms with Gasteiger partial charge in [0.05, 0.1) is 5.69 Å². The van der Waals surface area contributed by atoms with E-state index in [2.05, 4.69) is 10.0 Å². The number of rotatable bonds is 4. The number of nitrogens with one attached hydrogen (secondary N) is 2. The molecule has 26 heavy (non-hydrogen) atoms. The molecule has 1 atom stereocenters. The van der Waals surface area contributed by atoms with Crippen LogP contribution in [0.3, 0.4) is 0 Å². The third kappa shape index (κ3) is 3.67. The Hall–Kier alpha value is -2.16. The summed E-state index contributed by atoms with van der Waals surface area (Å²) in [4.78, 5) is 12.1. The predicted octanol–water partition coefficient (Wildman–Crippen LogP) is 3.17. The van der Waals surface area contributed by atoms with Gasteiger partial charge in [-0.15, -0.1) is 0 Å². The van der Waals surface area contributed by atoms with Gasteiger partial charge in [0, 0.05) is 37.1 Å². The predicted molar refractivity (Wildman–Crippen MR) is 99.2 cm³/mol. The molecule has 1 aliphatic heterocycles. The Bertz CT molecular complexity index is 979. The first kappa shape index (κ1) is 18.6. The molecule has 3 rings (SSSR count). The SMILES string of the molecule is CN(C)S(=O)(=O)Nc1ccc2c(c1)NC(=O)CC2c1cc(F)ccc1Cl. The Morgan fingerprint density at radius 1 is 1.19 bits per heavy atom. The number of anilines is 2. The molecular weight excluding hydrogens is 381 g/mol. The lowest BCUT2D eigenvalue weighted by Crippen LogP contribution is -2.29. The second kappa shape index (κ2) is 6.86. The summed E-state index contributed by atoms with van der Waals surface area (Å²) in [5, 5.41) is 3.09. The van der Waals surface area contributed by atoms with Crippen LogP contribution in [0.25, 0.3) is 0 Å². The molecule has 1 unspecified atom stereocenters. The summed E-state index contributed by atoms with van der Waals surface area (Å²) in [5.41, 5.74) is 2.03. The zero-order valence-corrected chi connectivity index (χ0v) is 15.7. The van der Waals surface area contributed by atoms with Crippen LogP contribution in [0.2, 0.25) is 5.02 Å². The standard InChI is InChI=1S/C17H17ClFN3O3S/c1-22(2)26(24,25)21-11-4-5-12-13(9-17(23)20-16(12)8-11)14-7-10(19)3-6-15(14)18/h3-8,13,21H,9H2,1-2H3,(H,20,23). The quantitative estimate of drug-likeness (QED) is 0.831. The fraction of sp³-hybridized carbons (Fsp3) is 0.235. The van der Waals surface area contributed by atoms with E-state index < -0.39 is 21.9 Å². The van der Waals surface area contributed by atoms with Crippen LogP contribution in [0, 0.1) is 5.82 Å². The zero-order valence-electron chi connectivity index (χ0n) is 14.1. The molecule has 0 aromatic heterocycles.